The molecule has 0 atom stereocenters. The molecule has 0 fully saturated rings. The fraction of sp³-hybridized carbons (Fsp3) is 0.333. The maximum atomic E-state index is 7.62. The molecule has 0 rings (SSSR count). The molecule has 6 heteroatoms. The van der Waals surface area contributed by atoms with E-state index in [0.717, 1.165) is 0 Å². The molecule has 150 valence electrons. The van der Waals surface area contributed by atoms with E-state index in [0.29, 0.717) is 0 Å². The minimum absolute atomic E-state index is 0.125. The molecule has 0 aromatic carbocycles. The van der Waals surface area contributed by atoms with Gasteiger partial charge in [-0.2, -0.15) is 0 Å². The Kier molecular flexibility index (Phi) is 1170. The second kappa shape index (κ2) is 490. The van der Waals surface area contributed by atoms with Gasteiger partial charge in [0.1, 0.15) is 0 Å². The first-order valence-corrected chi connectivity index (χ1v) is 6.40. The average molecular weight is 355 g/mol. The van der Waals surface area contributed by atoms with Crippen LogP contribution in [0.1, 0.15) is 0 Å². The average Bonchev–Trinajstić information content (AvgIpc) is 2.76. The van der Waals surface area contributed by atoms with Crippen LogP contribution in [0.15, 0.2) is 78.9 Å². The van der Waals surface area contributed by atoms with E-state index in [1.807, 2.05) is 0 Å². The molecule has 0 saturated carbocycles. The zero-order valence-electron chi connectivity index (χ0n) is 15.4. The first-order chi connectivity index (χ1) is 11.7. The summed E-state index contributed by atoms with van der Waals surface area (Å²) in [7, 11) is 0. The molecule has 0 radical (unpaired) electrons. The number of aliphatic hydroxyl groups is 6. The summed E-state index contributed by atoms with van der Waals surface area (Å²) in [6.07, 6.45) is 0. The highest BCUT2D eigenvalue weighted by Gasteiger charge is 1.58. The zero-order chi connectivity index (χ0) is 22.2. The van der Waals surface area contributed by atoms with Gasteiger partial charge in [0.25, 0.3) is 0 Å². The largest absolute Gasteiger partial charge is 0.394 e. The maximum absolute atomic E-state index is 7.62. The summed E-state index contributed by atoms with van der Waals surface area (Å²) < 4.78 is 0. The Balaban J connectivity index is -0.0000000155. The highest BCUT2D eigenvalue weighted by atomic mass is 16.3. The molecule has 0 aliphatic heterocycles. The SMILES string of the molecule is C=C.C=C.C=C.C=C.C=C.C=C.OCCO.OCCO.OCCO. The minimum Gasteiger partial charge on any atom is -0.394 e. The lowest BCUT2D eigenvalue weighted by Gasteiger charge is -1.70. The quantitative estimate of drug-likeness (QED) is 0.429. The van der Waals surface area contributed by atoms with Gasteiger partial charge in [-0.15, -0.1) is 78.9 Å². The monoisotopic (exact) mass is 354 g/mol. The fourth-order valence-electron chi connectivity index (χ4n) is 0. The van der Waals surface area contributed by atoms with Crippen molar-refractivity contribution in [2.75, 3.05) is 39.6 Å². The van der Waals surface area contributed by atoms with E-state index in [9.17, 15) is 0 Å². The summed E-state index contributed by atoms with van der Waals surface area (Å²) in [5, 5.41) is 45.8. The highest BCUT2D eigenvalue weighted by Crippen LogP contribution is 1.40. The Morgan fingerprint density at radius 2 is 0.292 bits per heavy atom. The molecule has 0 heterocycles. The van der Waals surface area contributed by atoms with Crippen LogP contribution in [-0.4, -0.2) is 70.3 Å². The first kappa shape index (κ1) is 57.3. The Bertz CT molecular complexity index is 74.5. The fourth-order valence-corrected chi connectivity index (χ4v) is 0. The first-order valence-electron chi connectivity index (χ1n) is 6.40. The molecular weight excluding hydrogens is 312 g/mol. The van der Waals surface area contributed by atoms with Crippen molar-refractivity contribution in [3.8, 4) is 0 Å². The van der Waals surface area contributed by atoms with Gasteiger partial charge in [0.05, 0.1) is 39.6 Å². The number of hydrogen-bond acceptors (Lipinski definition) is 6. The van der Waals surface area contributed by atoms with Crippen LogP contribution >= 0.6 is 0 Å². The standard InChI is InChI=1S/3C2H6O2.6C2H4/c3*3-1-2-4;6*1-2/h3*3-4H,1-2H2;6*1-2H2. The Hall–Kier alpha value is -1.80. The van der Waals surface area contributed by atoms with Crippen LogP contribution in [0.3, 0.4) is 0 Å². The molecule has 6 N–H and O–H groups in total. The summed E-state index contributed by atoms with van der Waals surface area (Å²) in [5.74, 6) is 0. The van der Waals surface area contributed by atoms with Crippen LogP contribution in [0.25, 0.3) is 0 Å². The molecule has 0 saturated heterocycles. The second-order valence-corrected chi connectivity index (χ2v) is 1.34. The molecule has 0 spiro atoms. The molecule has 0 bridgehead atoms. The van der Waals surface area contributed by atoms with Crippen LogP contribution in [0.5, 0.6) is 0 Å². The van der Waals surface area contributed by atoms with Crippen molar-refractivity contribution in [1.82, 2.24) is 0 Å². The third kappa shape index (κ3) is 5170. The van der Waals surface area contributed by atoms with E-state index in [-0.39, 0.29) is 39.6 Å². The summed E-state index contributed by atoms with van der Waals surface area (Å²) in [6.45, 7) is 35.2. The van der Waals surface area contributed by atoms with E-state index in [2.05, 4.69) is 78.9 Å². The minimum atomic E-state index is -0.125. The number of aliphatic hydroxyl groups excluding tert-OH is 6. The van der Waals surface area contributed by atoms with E-state index in [1.54, 1.807) is 0 Å². The molecule has 0 unspecified atom stereocenters. The van der Waals surface area contributed by atoms with Crippen LogP contribution in [0, 0.1) is 0 Å². The normalized spacial score (nSPS) is 4.75. The molecule has 6 nitrogen and oxygen atoms in total. The van der Waals surface area contributed by atoms with Gasteiger partial charge in [0.15, 0.2) is 0 Å². The maximum Gasteiger partial charge on any atom is 0.0662 e. The molecule has 0 aromatic rings. The van der Waals surface area contributed by atoms with E-state index in [1.165, 1.54) is 0 Å². The number of rotatable bonds is 3. The van der Waals surface area contributed by atoms with Gasteiger partial charge >= 0.3 is 0 Å². The molecule has 0 aliphatic rings. The Morgan fingerprint density at radius 3 is 0.292 bits per heavy atom. The van der Waals surface area contributed by atoms with Gasteiger partial charge in [-0.1, -0.05) is 0 Å². The lowest BCUT2D eigenvalue weighted by Crippen LogP contribution is -1.85. The lowest BCUT2D eigenvalue weighted by molar-refractivity contribution is 0.186. The second-order valence-electron chi connectivity index (χ2n) is 1.34. The predicted molar refractivity (Wildman–Crippen MR) is 110 cm³/mol. The van der Waals surface area contributed by atoms with Gasteiger partial charge in [0, 0.05) is 0 Å². The van der Waals surface area contributed by atoms with Crippen molar-refractivity contribution >= 4 is 0 Å². The van der Waals surface area contributed by atoms with Gasteiger partial charge in [-0.25, -0.2) is 0 Å². The van der Waals surface area contributed by atoms with Crippen molar-refractivity contribution in [1.29, 1.82) is 0 Å². The summed E-state index contributed by atoms with van der Waals surface area (Å²) in [4.78, 5) is 0. The van der Waals surface area contributed by atoms with E-state index in [4.69, 9.17) is 30.6 Å². The van der Waals surface area contributed by atoms with Crippen LogP contribution in [-0.2, 0) is 0 Å². The van der Waals surface area contributed by atoms with Crippen molar-refractivity contribution in [2.45, 2.75) is 0 Å². The zero-order valence-corrected chi connectivity index (χ0v) is 15.4. The van der Waals surface area contributed by atoms with Crippen molar-refractivity contribution in [2.24, 2.45) is 0 Å². The van der Waals surface area contributed by atoms with E-state index >= 15 is 0 Å². The topological polar surface area (TPSA) is 121 Å². The molecule has 0 amide bonds. The third-order valence-corrected chi connectivity index (χ3v) is 0.300. The van der Waals surface area contributed by atoms with Crippen LogP contribution in [0.4, 0.5) is 0 Å². The highest BCUT2D eigenvalue weighted by molar-refractivity contribution is 4.23. The Morgan fingerprint density at radius 1 is 0.250 bits per heavy atom. The van der Waals surface area contributed by atoms with Crippen LogP contribution in [0.2, 0.25) is 0 Å². The molecule has 0 aromatic heterocycles. The van der Waals surface area contributed by atoms with Gasteiger partial charge in [0.2, 0.25) is 0 Å². The summed E-state index contributed by atoms with van der Waals surface area (Å²) in [6, 6.07) is 0. The van der Waals surface area contributed by atoms with Crippen molar-refractivity contribution < 1.29 is 30.6 Å². The van der Waals surface area contributed by atoms with Gasteiger partial charge in [-0.05, 0) is 0 Å². The molecule has 24 heavy (non-hydrogen) atoms. The smallest absolute Gasteiger partial charge is 0.0662 e. The van der Waals surface area contributed by atoms with Crippen molar-refractivity contribution in [3.63, 3.8) is 0 Å². The van der Waals surface area contributed by atoms with Gasteiger partial charge < -0.3 is 30.6 Å². The van der Waals surface area contributed by atoms with Gasteiger partial charge in [-0.3, -0.25) is 0 Å². The summed E-state index contributed by atoms with van der Waals surface area (Å²) >= 11 is 0. The number of hydrogen-bond donors (Lipinski definition) is 6. The Labute approximate surface area is 150 Å². The van der Waals surface area contributed by atoms with Crippen LogP contribution < -0.4 is 0 Å². The molecule has 0 aliphatic carbocycles. The molecular formula is C18H42O6. The predicted octanol–water partition coefficient (Wildman–Crippen LogP) is 1.73. The summed E-state index contributed by atoms with van der Waals surface area (Å²) in [5.41, 5.74) is 0. The third-order valence-electron chi connectivity index (χ3n) is 0.300. The lowest BCUT2D eigenvalue weighted by atomic mass is 10.8. The van der Waals surface area contributed by atoms with Crippen molar-refractivity contribution in [3.05, 3.63) is 78.9 Å². The van der Waals surface area contributed by atoms with E-state index < -0.39 is 0 Å².